The van der Waals surface area contributed by atoms with Crippen molar-refractivity contribution in [2.45, 2.75) is 26.3 Å². The van der Waals surface area contributed by atoms with Crippen molar-refractivity contribution in [2.75, 3.05) is 5.32 Å². The Balaban J connectivity index is 2.47. The molecule has 2 aromatic carbocycles. The summed E-state index contributed by atoms with van der Waals surface area (Å²) in [6.45, 7) is 5.54. The Labute approximate surface area is 129 Å². The predicted octanol–water partition coefficient (Wildman–Crippen LogP) is 4.37. The third-order valence-corrected chi connectivity index (χ3v) is 3.85. The van der Waals surface area contributed by atoms with Crippen molar-refractivity contribution in [2.24, 2.45) is 0 Å². The first-order chi connectivity index (χ1) is 9.83. The largest absolute Gasteiger partial charge is 0.479 e. The minimum atomic E-state index is -1.20. The maximum atomic E-state index is 11.9. The molecule has 2 N–H and O–H groups in total. The van der Waals surface area contributed by atoms with E-state index in [-0.39, 0.29) is 0 Å². The highest BCUT2D eigenvalue weighted by Crippen LogP contribution is 2.30. The second kappa shape index (κ2) is 5.78. The van der Waals surface area contributed by atoms with E-state index in [4.69, 9.17) is 11.6 Å². The average molecular weight is 304 g/mol. The predicted molar refractivity (Wildman–Crippen MR) is 86.0 cm³/mol. The lowest BCUT2D eigenvalue weighted by molar-refractivity contribution is -0.142. The van der Waals surface area contributed by atoms with E-state index in [9.17, 15) is 9.90 Å². The Morgan fingerprint density at radius 3 is 2.33 bits per heavy atom. The van der Waals surface area contributed by atoms with E-state index in [0.29, 0.717) is 10.7 Å². The van der Waals surface area contributed by atoms with Gasteiger partial charge in [0.05, 0.1) is 0 Å². The van der Waals surface area contributed by atoms with Crippen LogP contribution in [-0.2, 0) is 10.3 Å². The molecule has 2 aromatic rings. The summed E-state index contributed by atoms with van der Waals surface area (Å²) in [5.74, 6) is -0.925. The molecule has 110 valence electrons. The van der Waals surface area contributed by atoms with Crippen molar-refractivity contribution in [3.05, 3.63) is 64.2 Å². The Hall–Kier alpha value is -2.00. The van der Waals surface area contributed by atoms with E-state index < -0.39 is 11.5 Å². The van der Waals surface area contributed by atoms with Crippen molar-refractivity contribution in [3.63, 3.8) is 0 Å². The minimum Gasteiger partial charge on any atom is -0.479 e. The molecule has 0 spiro atoms. The molecule has 0 radical (unpaired) electrons. The summed E-state index contributed by atoms with van der Waals surface area (Å²) in [6.07, 6.45) is 0. The number of rotatable bonds is 4. The summed E-state index contributed by atoms with van der Waals surface area (Å²) in [5.41, 5.74) is 2.23. The number of carbonyl (C=O) groups is 1. The van der Waals surface area contributed by atoms with E-state index in [1.54, 1.807) is 31.2 Å². The molecule has 1 unspecified atom stereocenters. The number of benzene rings is 2. The van der Waals surface area contributed by atoms with Gasteiger partial charge in [-0.25, -0.2) is 4.79 Å². The summed E-state index contributed by atoms with van der Waals surface area (Å²) >= 11 is 5.86. The van der Waals surface area contributed by atoms with Gasteiger partial charge in [0.1, 0.15) is 0 Å². The number of hydrogen-bond donors (Lipinski definition) is 2. The molecule has 3 nitrogen and oxygen atoms in total. The molecule has 0 aromatic heterocycles. The topological polar surface area (TPSA) is 49.3 Å². The van der Waals surface area contributed by atoms with Crippen molar-refractivity contribution in [1.29, 1.82) is 0 Å². The first-order valence-electron chi connectivity index (χ1n) is 6.68. The molecule has 0 aliphatic carbocycles. The van der Waals surface area contributed by atoms with Crippen LogP contribution in [0.15, 0.2) is 42.5 Å². The monoisotopic (exact) mass is 303 g/mol. The van der Waals surface area contributed by atoms with Gasteiger partial charge in [0.15, 0.2) is 5.54 Å². The highest BCUT2D eigenvalue weighted by Gasteiger charge is 2.36. The van der Waals surface area contributed by atoms with Gasteiger partial charge in [-0.2, -0.15) is 0 Å². The van der Waals surface area contributed by atoms with Crippen LogP contribution >= 0.6 is 11.6 Å². The Morgan fingerprint density at radius 2 is 1.76 bits per heavy atom. The summed E-state index contributed by atoms with van der Waals surface area (Å²) in [4.78, 5) is 11.9. The normalized spacial score (nSPS) is 13.5. The molecule has 0 fully saturated rings. The third kappa shape index (κ3) is 3.19. The standard InChI is InChI=1S/C17H18ClNO2/c1-11-4-5-12(2)15(10-11)17(3,16(20)21)19-14-8-6-13(18)7-9-14/h4-10,19H,1-3H3,(H,20,21). The zero-order valence-corrected chi connectivity index (χ0v) is 13.0. The van der Waals surface area contributed by atoms with Crippen LogP contribution in [0, 0.1) is 13.8 Å². The lowest BCUT2D eigenvalue weighted by Gasteiger charge is -2.30. The average Bonchev–Trinajstić information content (AvgIpc) is 2.43. The van der Waals surface area contributed by atoms with Crippen LogP contribution in [0.4, 0.5) is 5.69 Å². The van der Waals surface area contributed by atoms with Gasteiger partial charge < -0.3 is 10.4 Å². The number of aryl methyl sites for hydroxylation is 2. The molecule has 2 rings (SSSR count). The maximum absolute atomic E-state index is 11.9. The van der Waals surface area contributed by atoms with Crippen molar-refractivity contribution >= 4 is 23.3 Å². The SMILES string of the molecule is Cc1ccc(C)c(C(C)(Nc2ccc(Cl)cc2)C(=O)O)c1. The first kappa shape index (κ1) is 15.4. The van der Waals surface area contributed by atoms with E-state index in [2.05, 4.69) is 5.32 Å². The second-order valence-electron chi connectivity index (χ2n) is 5.38. The van der Waals surface area contributed by atoms with Crippen LogP contribution in [0.25, 0.3) is 0 Å². The van der Waals surface area contributed by atoms with Crippen molar-refractivity contribution in [3.8, 4) is 0 Å². The number of carboxylic acid groups (broad SMARTS) is 1. The molecule has 1 atom stereocenters. The van der Waals surface area contributed by atoms with Crippen LogP contribution in [0.3, 0.4) is 0 Å². The molecule has 21 heavy (non-hydrogen) atoms. The third-order valence-electron chi connectivity index (χ3n) is 3.60. The summed E-state index contributed by atoms with van der Waals surface area (Å²) in [5, 5.41) is 13.5. The molecule has 0 saturated carbocycles. The van der Waals surface area contributed by atoms with Gasteiger partial charge in [0.2, 0.25) is 0 Å². The maximum Gasteiger partial charge on any atom is 0.333 e. The number of carboxylic acids is 1. The van der Waals surface area contributed by atoms with Crippen molar-refractivity contribution in [1.82, 2.24) is 0 Å². The van der Waals surface area contributed by atoms with Crippen LogP contribution in [0.1, 0.15) is 23.6 Å². The van der Waals surface area contributed by atoms with E-state index in [1.807, 2.05) is 32.0 Å². The Kier molecular flexibility index (Phi) is 4.24. The van der Waals surface area contributed by atoms with Crippen LogP contribution < -0.4 is 5.32 Å². The van der Waals surface area contributed by atoms with E-state index >= 15 is 0 Å². The summed E-state index contributed by atoms with van der Waals surface area (Å²) in [6, 6.07) is 12.8. The highest BCUT2D eigenvalue weighted by atomic mass is 35.5. The zero-order chi connectivity index (χ0) is 15.6. The fourth-order valence-corrected chi connectivity index (χ4v) is 2.46. The second-order valence-corrected chi connectivity index (χ2v) is 5.82. The fraction of sp³-hybridized carbons (Fsp3) is 0.235. The van der Waals surface area contributed by atoms with E-state index in [0.717, 1.165) is 16.7 Å². The number of anilines is 1. The molecule has 4 heteroatoms. The van der Waals surface area contributed by atoms with Gasteiger partial charge >= 0.3 is 5.97 Å². The minimum absolute atomic E-state index is 0.615. The molecule has 0 aliphatic heterocycles. The lowest BCUT2D eigenvalue weighted by atomic mass is 9.87. The molecular formula is C17H18ClNO2. The van der Waals surface area contributed by atoms with Crippen LogP contribution in [0.5, 0.6) is 0 Å². The number of nitrogens with one attached hydrogen (secondary N) is 1. The van der Waals surface area contributed by atoms with Gasteiger partial charge in [-0.3, -0.25) is 0 Å². The molecule has 0 aliphatic rings. The van der Waals surface area contributed by atoms with Gasteiger partial charge in [0.25, 0.3) is 0 Å². The highest BCUT2D eigenvalue weighted by molar-refractivity contribution is 6.30. The first-order valence-corrected chi connectivity index (χ1v) is 7.05. The summed E-state index contributed by atoms with van der Waals surface area (Å²) in [7, 11) is 0. The van der Waals surface area contributed by atoms with Gasteiger partial charge in [-0.1, -0.05) is 35.4 Å². The molecular weight excluding hydrogens is 286 g/mol. The van der Waals surface area contributed by atoms with Crippen molar-refractivity contribution < 1.29 is 9.90 Å². The zero-order valence-electron chi connectivity index (χ0n) is 12.3. The summed E-state index contributed by atoms with van der Waals surface area (Å²) < 4.78 is 0. The number of halogens is 1. The molecule has 0 amide bonds. The smallest absolute Gasteiger partial charge is 0.333 e. The van der Waals surface area contributed by atoms with Gasteiger partial charge in [-0.15, -0.1) is 0 Å². The van der Waals surface area contributed by atoms with E-state index in [1.165, 1.54) is 0 Å². The Morgan fingerprint density at radius 1 is 1.14 bits per heavy atom. The molecule has 0 saturated heterocycles. The quantitative estimate of drug-likeness (QED) is 0.882. The van der Waals surface area contributed by atoms with Crippen LogP contribution in [0.2, 0.25) is 5.02 Å². The molecule has 0 heterocycles. The molecule has 0 bridgehead atoms. The number of aliphatic carboxylic acids is 1. The van der Waals surface area contributed by atoms with Crippen LogP contribution in [-0.4, -0.2) is 11.1 Å². The van der Waals surface area contributed by atoms with Gasteiger partial charge in [-0.05, 0) is 56.2 Å². The fourth-order valence-electron chi connectivity index (χ4n) is 2.33. The number of hydrogen-bond acceptors (Lipinski definition) is 2. The Bertz CT molecular complexity index is 667. The lowest BCUT2D eigenvalue weighted by Crippen LogP contribution is -2.41. The van der Waals surface area contributed by atoms with Gasteiger partial charge in [0, 0.05) is 10.7 Å².